The van der Waals surface area contributed by atoms with E-state index in [-0.39, 0.29) is 22.8 Å². The van der Waals surface area contributed by atoms with Crippen molar-refractivity contribution in [1.82, 2.24) is 4.90 Å². The summed E-state index contributed by atoms with van der Waals surface area (Å²) in [5, 5.41) is 20.3. The van der Waals surface area contributed by atoms with E-state index in [0.717, 1.165) is 41.8 Å². The zero-order valence-corrected chi connectivity index (χ0v) is 16.4. The topological polar surface area (TPSA) is 70.0 Å². The minimum atomic E-state index is -0.336. The normalized spacial score (nSPS) is 14.9. The molecule has 0 aliphatic carbocycles. The molecule has 0 unspecified atom stereocenters. The van der Waals surface area contributed by atoms with Crippen molar-refractivity contribution in [2.45, 2.75) is 13.3 Å². The van der Waals surface area contributed by atoms with Crippen LogP contribution in [0.3, 0.4) is 0 Å². The number of carbonyl (C=O) groups excluding carboxylic acids is 1. The van der Waals surface area contributed by atoms with E-state index < -0.39 is 0 Å². The summed E-state index contributed by atoms with van der Waals surface area (Å²) in [5.74, 6) is 0.148. The van der Waals surface area contributed by atoms with Gasteiger partial charge in [-0.05, 0) is 61.4 Å². The van der Waals surface area contributed by atoms with Gasteiger partial charge < -0.3 is 19.8 Å². The molecule has 1 aliphatic rings. The molecule has 0 bridgehead atoms. The molecule has 0 aromatic heterocycles. The Bertz CT molecular complexity index is 942. The summed E-state index contributed by atoms with van der Waals surface area (Å²) in [5.41, 5.74) is 3.58. The molecule has 5 heteroatoms. The van der Waals surface area contributed by atoms with Crippen molar-refractivity contribution in [1.29, 1.82) is 0 Å². The standard InChI is InChI=1S/C23H25NO4/c1-15-14-20(28-3)22(19(26)9-6-16-4-7-18(25)8-5-16)23(27)21(15)17-10-12-24(2)13-11-17/h4-10,14,25,27H,11-13H2,1-3H3/b9-6+. The van der Waals surface area contributed by atoms with Crippen LogP contribution in [0, 0.1) is 6.92 Å². The molecule has 2 N–H and O–H groups in total. The van der Waals surface area contributed by atoms with E-state index in [4.69, 9.17) is 4.74 Å². The third-order valence-corrected chi connectivity index (χ3v) is 4.98. The first kappa shape index (κ1) is 19.7. The fraction of sp³-hybridized carbons (Fsp3) is 0.261. The Balaban J connectivity index is 2.00. The number of likely N-dealkylation sites (N-methyl/N-ethyl adjacent to an activating group) is 1. The summed E-state index contributed by atoms with van der Waals surface area (Å²) < 4.78 is 5.38. The molecule has 0 saturated heterocycles. The second-order valence-corrected chi connectivity index (χ2v) is 7.03. The molecule has 28 heavy (non-hydrogen) atoms. The molecule has 0 saturated carbocycles. The number of hydrogen-bond donors (Lipinski definition) is 2. The largest absolute Gasteiger partial charge is 0.508 e. The van der Waals surface area contributed by atoms with Crippen LogP contribution in [0.2, 0.25) is 0 Å². The smallest absolute Gasteiger partial charge is 0.193 e. The predicted molar refractivity (Wildman–Crippen MR) is 111 cm³/mol. The fourth-order valence-corrected chi connectivity index (χ4v) is 3.41. The molecule has 3 rings (SSSR count). The van der Waals surface area contributed by atoms with Gasteiger partial charge in [-0.15, -0.1) is 0 Å². The van der Waals surface area contributed by atoms with Crippen molar-refractivity contribution in [3.8, 4) is 17.2 Å². The summed E-state index contributed by atoms with van der Waals surface area (Å²) >= 11 is 0. The van der Waals surface area contributed by atoms with Crippen molar-refractivity contribution >= 4 is 17.4 Å². The number of benzene rings is 2. The highest BCUT2D eigenvalue weighted by molar-refractivity contribution is 6.11. The van der Waals surface area contributed by atoms with Crippen LogP contribution in [-0.4, -0.2) is 48.1 Å². The third kappa shape index (κ3) is 4.10. The number of aromatic hydroxyl groups is 2. The second kappa shape index (κ2) is 8.31. The number of allylic oxidation sites excluding steroid dienone is 1. The van der Waals surface area contributed by atoms with Gasteiger partial charge in [-0.1, -0.05) is 24.3 Å². The van der Waals surface area contributed by atoms with E-state index in [1.165, 1.54) is 13.2 Å². The van der Waals surface area contributed by atoms with E-state index in [0.29, 0.717) is 5.75 Å². The minimum Gasteiger partial charge on any atom is -0.508 e. The van der Waals surface area contributed by atoms with Gasteiger partial charge in [0.1, 0.15) is 22.8 Å². The molecule has 146 valence electrons. The van der Waals surface area contributed by atoms with Crippen LogP contribution in [0.1, 0.15) is 33.5 Å². The zero-order valence-electron chi connectivity index (χ0n) is 16.4. The second-order valence-electron chi connectivity index (χ2n) is 7.03. The highest BCUT2D eigenvalue weighted by atomic mass is 16.5. The first-order chi connectivity index (χ1) is 13.4. The van der Waals surface area contributed by atoms with Crippen LogP contribution in [0.25, 0.3) is 11.6 Å². The molecule has 1 heterocycles. The van der Waals surface area contributed by atoms with E-state index in [1.54, 1.807) is 36.4 Å². The Morgan fingerprint density at radius 3 is 2.54 bits per heavy atom. The van der Waals surface area contributed by atoms with E-state index >= 15 is 0 Å². The zero-order chi connectivity index (χ0) is 20.3. The van der Waals surface area contributed by atoms with E-state index in [2.05, 4.69) is 18.0 Å². The Morgan fingerprint density at radius 1 is 1.21 bits per heavy atom. The van der Waals surface area contributed by atoms with E-state index in [9.17, 15) is 15.0 Å². The summed E-state index contributed by atoms with van der Waals surface area (Å²) in [6, 6.07) is 8.33. The van der Waals surface area contributed by atoms with Crippen LogP contribution in [0.4, 0.5) is 0 Å². The van der Waals surface area contributed by atoms with Crippen LogP contribution in [0.15, 0.2) is 42.5 Å². The average Bonchev–Trinajstić information content (AvgIpc) is 2.68. The number of phenols is 2. The van der Waals surface area contributed by atoms with Crippen molar-refractivity contribution in [3.63, 3.8) is 0 Å². The molecular formula is C23H25NO4. The molecule has 5 nitrogen and oxygen atoms in total. The number of nitrogens with zero attached hydrogens (tertiary/aromatic N) is 1. The molecule has 0 fully saturated rings. The highest BCUT2D eigenvalue weighted by Gasteiger charge is 2.24. The molecular weight excluding hydrogens is 354 g/mol. The lowest BCUT2D eigenvalue weighted by Gasteiger charge is -2.24. The van der Waals surface area contributed by atoms with Gasteiger partial charge in [0, 0.05) is 18.7 Å². The Labute approximate surface area is 165 Å². The maximum Gasteiger partial charge on any atom is 0.193 e. The average molecular weight is 379 g/mol. The first-order valence-electron chi connectivity index (χ1n) is 9.20. The molecule has 0 spiro atoms. The summed E-state index contributed by atoms with van der Waals surface area (Å²) in [6.07, 6.45) is 5.97. The minimum absolute atomic E-state index is 0.0343. The van der Waals surface area contributed by atoms with E-state index in [1.807, 2.05) is 6.92 Å². The van der Waals surface area contributed by atoms with Crippen molar-refractivity contribution in [2.75, 3.05) is 27.2 Å². The number of methoxy groups -OCH3 is 1. The molecule has 0 radical (unpaired) electrons. The van der Waals surface area contributed by atoms with Gasteiger partial charge in [0.05, 0.1) is 7.11 Å². The van der Waals surface area contributed by atoms with Crippen molar-refractivity contribution < 1.29 is 19.7 Å². The van der Waals surface area contributed by atoms with Gasteiger partial charge in [-0.2, -0.15) is 0 Å². The van der Waals surface area contributed by atoms with Gasteiger partial charge in [0.15, 0.2) is 5.78 Å². The molecule has 2 aromatic carbocycles. The van der Waals surface area contributed by atoms with Crippen molar-refractivity contribution in [2.24, 2.45) is 0 Å². The number of aryl methyl sites for hydroxylation is 1. The number of hydrogen-bond acceptors (Lipinski definition) is 5. The lowest BCUT2D eigenvalue weighted by molar-refractivity contribution is 0.104. The number of ketones is 1. The summed E-state index contributed by atoms with van der Waals surface area (Å²) in [4.78, 5) is 15.1. The Hall–Kier alpha value is -3.05. The van der Waals surface area contributed by atoms with Crippen LogP contribution in [0.5, 0.6) is 17.2 Å². The quantitative estimate of drug-likeness (QED) is 0.606. The van der Waals surface area contributed by atoms with Gasteiger partial charge in [0.25, 0.3) is 0 Å². The molecule has 2 aromatic rings. The number of rotatable bonds is 5. The summed E-state index contributed by atoms with van der Waals surface area (Å²) in [6.45, 7) is 3.63. The number of phenolic OH excluding ortho intramolecular Hbond substituents is 2. The lowest BCUT2D eigenvalue weighted by Crippen LogP contribution is -2.24. The monoisotopic (exact) mass is 379 g/mol. The highest BCUT2D eigenvalue weighted by Crippen LogP contribution is 2.40. The third-order valence-electron chi connectivity index (χ3n) is 4.98. The molecule has 0 atom stereocenters. The van der Waals surface area contributed by atoms with Crippen LogP contribution in [-0.2, 0) is 0 Å². The maximum atomic E-state index is 12.9. The van der Waals surface area contributed by atoms with Crippen LogP contribution < -0.4 is 4.74 Å². The summed E-state index contributed by atoms with van der Waals surface area (Å²) in [7, 11) is 3.54. The van der Waals surface area contributed by atoms with Gasteiger partial charge >= 0.3 is 0 Å². The van der Waals surface area contributed by atoms with Gasteiger partial charge in [-0.25, -0.2) is 0 Å². The van der Waals surface area contributed by atoms with Crippen LogP contribution >= 0.6 is 0 Å². The molecule has 1 aliphatic heterocycles. The van der Waals surface area contributed by atoms with Gasteiger partial charge in [0.2, 0.25) is 0 Å². The predicted octanol–water partition coefficient (Wildman–Crippen LogP) is 4.03. The SMILES string of the molecule is COc1cc(C)c(C2=CCN(C)CC2)c(O)c1C(=O)/C=C/c1ccc(O)cc1. The molecule has 0 amide bonds. The number of carbonyl (C=O) groups is 1. The van der Waals surface area contributed by atoms with Gasteiger partial charge in [-0.3, -0.25) is 4.79 Å². The lowest BCUT2D eigenvalue weighted by atomic mass is 9.90. The first-order valence-corrected chi connectivity index (χ1v) is 9.20. The maximum absolute atomic E-state index is 12.9. The number of ether oxygens (including phenoxy) is 1. The van der Waals surface area contributed by atoms with Crippen molar-refractivity contribution in [3.05, 3.63) is 64.7 Å². The Kier molecular flexibility index (Phi) is 5.85. The fourth-order valence-electron chi connectivity index (χ4n) is 3.41. The Morgan fingerprint density at radius 2 is 1.93 bits per heavy atom.